The summed E-state index contributed by atoms with van der Waals surface area (Å²) < 4.78 is 31.9. The van der Waals surface area contributed by atoms with Gasteiger partial charge in [-0.1, -0.05) is 15.9 Å². The molecule has 0 atom stereocenters. The summed E-state index contributed by atoms with van der Waals surface area (Å²) in [6.45, 7) is 4.38. The Morgan fingerprint density at radius 3 is 2.68 bits per heavy atom. The fraction of sp³-hybridized carbons (Fsp3) is 0.471. The molecule has 1 amide bonds. The summed E-state index contributed by atoms with van der Waals surface area (Å²) in [6, 6.07) is 5.59. The highest BCUT2D eigenvalue weighted by Gasteiger charge is 2.28. The number of carbonyl (C=O) groups is 1. The van der Waals surface area contributed by atoms with Crippen molar-refractivity contribution in [1.29, 1.82) is 0 Å². The van der Waals surface area contributed by atoms with Crippen LogP contribution in [-0.2, 0) is 10.0 Å². The predicted molar refractivity (Wildman–Crippen MR) is 100 cm³/mol. The first kappa shape index (κ1) is 18.4. The number of nitrogens with one attached hydrogen (secondary N) is 1. The average Bonchev–Trinajstić information content (AvgIpc) is 2.92. The van der Waals surface area contributed by atoms with Gasteiger partial charge in [0.05, 0.1) is 5.75 Å². The molecular weight excluding hydrogens is 408 g/mol. The number of fused-ring (bicyclic) bond motifs is 1. The zero-order valence-electron chi connectivity index (χ0n) is 14.2. The van der Waals surface area contributed by atoms with E-state index in [1.807, 2.05) is 25.1 Å². The van der Waals surface area contributed by atoms with Crippen LogP contribution >= 0.6 is 15.9 Å². The summed E-state index contributed by atoms with van der Waals surface area (Å²) in [6.07, 6.45) is 1.21. The van der Waals surface area contributed by atoms with Gasteiger partial charge < -0.3 is 9.73 Å². The second kappa shape index (κ2) is 7.09. The lowest BCUT2D eigenvalue weighted by atomic mass is 10.1. The maximum Gasteiger partial charge on any atom is 0.287 e. The Hall–Kier alpha value is -1.38. The summed E-state index contributed by atoms with van der Waals surface area (Å²) in [4.78, 5) is 12.6. The smallest absolute Gasteiger partial charge is 0.287 e. The zero-order chi connectivity index (χ0) is 18.2. The largest absolute Gasteiger partial charge is 0.451 e. The molecule has 0 bridgehead atoms. The van der Waals surface area contributed by atoms with Gasteiger partial charge >= 0.3 is 0 Å². The summed E-state index contributed by atoms with van der Waals surface area (Å²) in [5.41, 5.74) is 1.48. The van der Waals surface area contributed by atoms with Crippen molar-refractivity contribution < 1.29 is 17.6 Å². The van der Waals surface area contributed by atoms with Crippen molar-refractivity contribution in [3.8, 4) is 0 Å². The molecule has 0 radical (unpaired) electrons. The molecule has 2 heterocycles. The monoisotopic (exact) mass is 428 g/mol. The lowest BCUT2D eigenvalue weighted by Crippen LogP contribution is -2.46. The minimum Gasteiger partial charge on any atom is -0.451 e. The Bertz CT molecular complexity index is 899. The molecule has 1 aromatic heterocycles. The zero-order valence-corrected chi connectivity index (χ0v) is 16.6. The second-order valence-corrected chi connectivity index (χ2v) is 9.42. The molecule has 1 aliphatic rings. The molecule has 1 N–H and O–H groups in total. The van der Waals surface area contributed by atoms with Crippen LogP contribution in [0.15, 0.2) is 27.1 Å². The van der Waals surface area contributed by atoms with E-state index in [9.17, 15) is 13.2 Å². The molecule has 8 heteroatoms. The van der Waals surface area contributed by atoms with Crippen LogP contribution in [0.2, 0.25) is 0 Å². The first-order valence-electron chi connectivity index (χ1n) is 8.29. The van der Waals surface area contributed by atoms with E-state index in [0.717, 1.165) is 15.4 Å². The molecule has 2 aromatic rings. The number of sulfonamides is 1. The van der Waals surface area contributed by atoms with Crippen LogP contribution in [0.4, 0.5) is 0 Å². The number of halogens is 1. The Balaban J connectivity index is 1.69. The fourth-order valence-corrected chi connectivity index (χ4v) is 4.61. The van der Waals surface area contributed by atoms with E-state index in [1.165, 1.54) is 4.31 Å². The molecule has 1 fully saturated rings. The third kappa shape index (κ3) is 3.75. The third-order valence-corrected chi connectivity index (χ3v) is 7.03. The van der Waals surface area contributed by atoms with Crippen molar-refractivity contribution in [3.05, 3.63) is 34.0 Å². The van der Waals surface area contributed by atoms with Crippen molar-refractivity contribution in [2.75, 3.05) is 18.8 Å². The Kier molecular flexibility index (Phi) is 5.22. The molecule has 0 spiro atoms. The van der Waals surface area contributed by atoms with Gasteiger partial charge in [0.1, 0.15) is 5.58 Å². The maximum absolute atomic E-state index is 12.6. The van der Waals surface area contributed by atoms with Crippen LogP contribution < -0.4 is 5.32 Å². The number of aryl methyl sites for hydroxylation is 1. The minimum atomic E-state index is -3.16. The highest BCUT2D eigenvalue weighted by Crippen LogP contribution is 2.28. The summed E-state index contributed by atoms with van der Waals surface area (Å²) in [5, 5.41) is 3.88. The van der Waals surface area contributed by atoms with E-state index >= 15 is 0 Å². The number of hydrogen-bond acceptors (Lipinski definition) is 4. The van der Waals surface area contributed by atoms with E-state index in [2.05, 4.69) is 21.2 Å². The van der Waals surface area contributed by atoms with Crippen molar-refractivity contribution in [3.63, 3.8) is 0 Å². The predicted octanol–water partition coefficient (Wildman–Crippen LogP) is 3.05. The lowest BCUT2D eigenvalue weighted by Gasteiger charge is -2.31. The lowest BCUT2D eigenvalue weighted by molar-refractivity contribution is 0.0897. The number of rotatable bonds is 4. The van der Waals surface area contributed by atoms with Gasteiger partial charge in [0.25, 0.3) is 5.91 Å². The van der Waals surface area contributed by atoms with Crippen LogP contribution in [0.25, 0.3) is 11.0 Å². The molecular formula is C17H21BrN2O4S. The van der Waals surface area contributed by atoms with E-state index < -0.39 is 10.0 Å². The van der Waals surface area contributed by atoms with Crippen LogP contribution in [0.3, 0.4) is 0 Å². The molecule has 0 unspecified atom stereocenters. The number of benzene rings is 1. The molecule has 0 saturated carbocycles. The normalized spacial score (nSPS) is 17.1. The third-order valence-electron chi connectivity index (χ3n) is 4.65. The van der Waals surface area contributed by atoms with Gasteiger partial charge in [-0.3, -0.25) is 4.79 Å². The van der Waals surface area contributed by atoms with Crippen LogP contribution in [0.1, 0.15) is 35.9 Å². The van der Waals surface area contributed by atoms with Gasteiger partial charge in [-0.15, -0.1) is 0 Å². The summed E-state index contributed by atoms with van der Waals surface area (Å²) in [5.74, 6) is 0.177. The van der Waals surface area contributed by atoms with E-state index in [-0.39, 0.29) is 17.7 Å². The van der Waals surface area contributed by atoms with Gasteiger partial charge in [-0.2, -0.15) is 0 Å². The van der Waals surface area contributed by atoms with Crippen molar-refractivity contribution >= 4 is 42.8 Å². The minimum absolute atomic E-state index is 0.0462. The number of furan rings is 1. The quantitative estimate of drug-likeness (QED) is 0.811. The standard InChI is InChI=1S/C17H21BrN2O4S/c1-3-25(22,23)20-8-6-13(7-9-20)19-17(21)16-11(2)14-10-12(18)4-5-15(14)24-16/h4-5,10,13H,3,6-9H2,1-2H3,(H,19,21). The first-order chi connectivity index (χ1) is 11.8. The Morgan fingerprint density at radius 2 is 2.04 bits per heavy atom. The summed E-state index contributed by atoms with van der Waals surface area (Å²) >= 11 is 3.42. The Morgan fingerprint density at radius 1 is 1.36 bits per heavy atom. The van der Waals surface area contributed by atoms with Crippen molar-refractivity contribution in [1.82, 2.24) is 9.62 Å². The van der Waals surface area contributed by atoms with Crippen molar-refractivity contribution in [2.24, 2.45) is 0 Å². The fourth-order valence-electron chi connectivity index (χ4n) is 3.12. The summed E-state index contributed by atoms with van der Waals surface area (Å²) in [7, 11) is -3.16. The number of amides is 1. The second-order valence-electron chi connectivity index (χ2n) is 6.24. The molecule has 6 nitrogen and oxygen atoms in total. The maximum atomic E-state index is 12.6. The van der Waals surface area contributed by atoms with E-state index in [1.54, 1.807) is 6.92 Å². The highest BCUT2D eigenvalue weighted by atomic mass is 79.9. The van der Waals surface area contributed by atoms with E-state index in [0.29, 0.717) is 37.3 Å². The molecule has 3 rings (SSSR count). The molecule has 0 aliphatic carbocycles. The van der Waals surface area contributed by atoms with E-state index in [4.69, 9.17) is 4.42 Å². The van der Waals surface area contributed by atoms with Gasteiger partial charge in [0.2, 0.25) is 10.0 Å². The molecule has 136 valence electrons. The van der Waals surface area contributed by atoms with Crippen LogP contribution in [-0.4, -0.2) is 43.5 Å². The van der Waals surface area contributed by atoms with Gasteiger partial charge in [-0.05, 0) is 44.9 Å². The molecule has 1 aliphatic heterocycles. The molecule has 25 heavy (non-hydrogen) atoms. The molecule has 1 aromatic carbocycles. The van der Waals surface area contributed by atoms with Gasteiger partial charge in [-0.25, -0.2) is 12.7 Å². The Labute approximate surface area is 155 Å². The topological polar surface area (TPSA) is 79.6 Å². The van der Waals surface area contributed by atoms with Gasteiger partial charge in [0.15, 0.2) is 5.76 Å². The SMILES string of the molecule is CCS(=O)(=O)N1CCC(NC(=O)c2oc3ccc(Br)cc3c2C)CC1. The van der Waals surface area contributed by atoms with Crippen LogP contribution in [0, 0.1) is 6.92 Å². The molecule has 1 saturated heterocycles. The van der Waals surface area contributed by atoms with Crippen molar-refractivity contribution in [2.45, 2.75) is 32.7 Å². The number of nitrogens with zero attached hydrogens (tertiary/aromatic N) is 1. The number of piperidine rings is 1. The van der Waals surface area contributed by atoms with Crippen LogP contribution in [0.5, 0.6) is 0 Å². The average molecular weight is 429 g/mol. The van der Waals surface area contributed by atoms with Gasteiger partial charge in [0, 0.05) is 34.6 Å². The number of hydrogen-bond donors (Lipinski definition) is 1. The highest BCUT2D eigenvalue weighted by molar-refractivity contribution is 9.10. The number of carbonyl (C=O) groups excluding carboxylic acids is 1. The first-order valence-corrected chi connectivity index (χ1v) is 10.7.